The van der Waals surface area contributed by atoms with Crippen LogP contribution in [0.5, 0.6) is 0 Å². The summed E-state index contributed by atoms with van der Waals surface area (Å²) in [6.45, 7) is 1.41. The Morgan fingerprint density at radius 3 is 1.52 bits per heavy atom. The lowest BCUT2D eigenvalue weighted by Crippen LogP contribution is -2.56. The molecule has 0 bridgehead atoms. The van der Waals surface area contributed by atoms with Gasteiger partial charge in [0.25, 0.3) is 0 Å². The highest BCUT2D eigenvalue weighted by molar-refractivity contribution is 5.15. The van der Waals surface area contributed by atoms with Crippen LogP contribution in [0.2, 0.25) is 0 Å². The molecule has 0 saturated carbocycles. The van der Waals surface area contributed by atoms with Crippen LogP contribution < -0.4 is 0 Å². The third-order valence-corrected chi connectivity index (χ3v) is 5.28. The van der Waals surface area contributed by atoms with E-state index in [4.69, 9.17) is 18.9 Å². The maximum Gasteiger partial charge on any atom is 0.183 e. The molecule has 162 valence electrons. The lowest BCUT2D eigenvalue weighted by atomic mass is 10.0. The van der Waals surface area contributed by atoms with Crippen molar-refractivity contribution in [2.75, 3.05) is 6.61 Å². The summed E-state index contributed by atoms with van der Waals surface area (Å²) >= 11 is 0. The Labute approximate surface area is 183 Å². The van der Waals surface area contributed by atoms with Crippen LogP contribution in [0.4, 0.5) is 0 Å². The highest BCUT2D eigenvalue weighted by atomic mass is 16.7. The van der Waals surface area contributed by atoms with E-state index in [0.29, 0.717) is 19.8 Å². The molecular weight excluding hydrogens is 392 g/mol. The molecule has 4 rings (SSSR count). The van der Waals surface area contributed by atoms with E-state index in [2.05, 4.69) is 0 Å². The molecule has 0 aromatic heterocycles. The first-order chi connectivity index (χ1) is 15.3. The fourth-order valence-electron chi connectivity index (χ4n) is 3.59. The van der Waals surface area contributed by atoms with E-state index >= 15 is 0 Å². The molecule has 4 atom stereocenters. The molecular formula is C26H28O5. The SMILES string of the molecule is O[C@H]1OC[C@@H](OCc2ccccc2)[C@@H](OCc2ccccc2)[C@H]1OCc1ccccc1. The van der Waals surface area contributed by atoms with E-state index < -0.39 is 18.5 Å². The lowest BCUT2D eigenvalue weighted by molar-refractivity contribution is -0.286. The first-order valence-corrected chi connectivity index (χ1v) is 10.6. The summed E-state index contributed by atoms with van der Waals surface area (Å²) in [7, 11) is 0. The van der Waals surface area contributed by atoms with Gasteiger partial charge in [-0.3, -0.25) is 0 Å². The number of aliphatic hydroxyl groups is 1. The summed E-state index contributed by atoms with van der Waals surface area (Å²) in [6, 6.07) is 29.8. The molecule has 1 aliphatic heterocycles. The van der Waals surface area contributed by atoms with Gasteiger partial charge in [0.15, 0.2) is 6.29 Å². The van der Waals surface area contributed by atoms with Crippen LogP contribution in [0.3, 0.4) is 0 Å². The minimum atomic E-state index is -1.08. The molecule has 1 N–H and O–H groups in total. The molecule has 0 unspecified atom stereocenters. The van der Waals surface area contributed by atoms with E-state index in [-0.39, 0.29) is 12.7 Å². The summed E-state index contributed by atoms with van der Waals surface area (Å²) < 4.78 is 24.1. The third-order valence-electron chi connectivity index (χ3n) is 5.28. The first kappa shape index (κ1) is 21.7. The van der Waals surface area contributed by atoms with E-state index in [0.717, 1.165) is 16.7 Å². The van der Waals surface area contributed by atoms with Crippen LogP contribution in [0, 0.1) is 0 Å². The minimum absolute atomic E-state index is 0.235. The molecule has 5 heteroatoms. The molecule has 3 aromatic carbocycles. The Kier molecular flexibility index (Phi) is 7.82. The number of aliphatic hydroxyl groups excluding tert-OH is 1. The number of rotatable bonds is 9. The van der Waals surface area contributed by atoms with Crippen LogP contribution in [-0.2, 0) is 38.8 Å². The van der Waals surface area contributed by atoms with Gasteiger partial charge in [-0.05, 0) is 16.7 Å². The predicted molar refractivity (Wildman–Crippen MR) is 117 cm³/mol. The molecule has 0 radical (unpaired) electrons. The highest BCUT2D eigenvalue weighted by Crippen LogP contribution is 2.25. The van der Waals surface area contributed by atoms with Gasteiger partial charge >= 0.3 is 0 Å². The largest absolute Gasteiger partial charge is 0.368 e. The third kappa shape index (κ3) is 6.23. The molecule has 1 saturated heterocycles. The van der Waals surface area contributed by atoms with Gasteiger partial charge in [-0.15, -0.1) is 0 Å². The molecule has 0 spiro atoms. The van der Waals surface area contributed by atoms with Crippen molar-refractivity contribution in [3.63, 3.8) is 0 Å². The van der Waals surface area contributed by atoms with Crippen molar-refractivity contribution in [3.05, 3.63) is 108 Å². The van der Waals surface area contributed by atoms with Gasteiger partial charge < -0.3 is 24.1 Å². The zero-order valence-electron chi connectivity index (χ0n) is 17.4. The van der Waals surface area contributed by atoms with Gasteiger partial charge in [-0.1, -0.05) is 91.0 Å². The van der Waals surface area contributed by atoms with Crippen LogP contribution in [0.15, 0.2) is 91.0 Å². The van der Waals surface area contributed by atoms with Crippen molar-refractivity contribution in [1.82, 2.24) is 0 Å². The highest BCUT2D eigenvalue weighted by Gasteiger charge is 2.42. The second-order valence-electron chi connectivity index (χ2n) is 7.58. The van der Waals surface area contributed by atoms with E-state index in [9.17, 15) is 5.11 Å². The average Bonchev–Trinajstić information content (AvgIpc) is 2.83. The normalized spacial score (nSPS) is 23.5. The smallest absolute Gasteiger partial charge is 0.183 e. The average molecular weight is 421 g/mol. The second-order valence-corrected chi connectivity index (χ2v) is 7.58. The van der Waals surface area contributed by atoms with Crippen LogP contribution >= 0.6 is 0 Å². The van der Waals surface area contributed by atoms with Gasteiger partial charge in [0, 0.05) is 0 Å². The Balaban J connectivity index is 1.46. The summed E-state index contributed by atoms with van der Waals surface area (Å²) in [5, 5.41) is 10.5. The molecule has 1 aliphatic rings. The van der Waals surface area contributed by atoms with Crippen molar-refractivity contribution in [2.45, 2.75) is 44.4 Å². The molecule has 1 fully saturated rings. The summed E-state index contributed by atoms with van der Waals surface area (Å²) in [4.78, 5) is 0. The van der Waals surface area contributed by atoms with Crippen LogP contribution in [0.25, 0.3) is 0 Å². The van der Waals surface area contributed by atoms with Gasteiger partial charge in [-0.25, -0.2) is 0 Å². The Morgan fingerprint density at radius 2 is 1.03 bits per heavy atom. The quantitative estimate of drug-likeness (QED) is 0.565. The monoisotopic (exact) mass is 420 g/mol. The minimum Gasteiger partial charge on any atom is -0.368 e. The summed E-state index contributed by atoms with van der Waals surface area (Å²) in [5.41, 5.74) is 3.13. The van der Waals surface area contributed by atoms with Crippen molar-refractivity contribution < 1.29 is 24.1 Å². The number of benzene rings is 3. The maximum absolute atomic E-state index is 10.5. The fraction of sp³-hybridized carbons (Fsp3) is 0.308. The molecule has 3 aromatic rings. The van der Waals surface area contributed by atoms with Gasteiger partial charge in [0.2, 0.25) is 0 Å². The van der Waals surface area contributed by atoms with E-state index in [1.54, 1.807) is 0 Å². The number of hydrogen-bond donors (Lipinski definition) is 1. The summed E-state index contributed by atoms with van der Waals surface area (Å²) in [6.07, 6.45) is -2.59. The zero-order chi connectivity index (χ0) is 21.3. The Morgan fingerprint density at radius 1 is 0.613 bits per heavy atom. The number of hydrogen-bond acceptors (Lipinski definition) is 5. The fourth-order valence-corrected chi connectivity index (χ4v) is 3.59. The van der Waals surface area contributed by atoms with Crippen molar-refractivity contribution in [1.29, 1.82) is 0 Å². The summed E-state index contributed by atoms with van der Waals surface area (Å²) in [5.74, 6) is 0. The van der Waals surface area contributed by atoms with Crippen LogP contribution in [0.1, 0.15) is 16.7 Å². The molecule has 0 amide bonds. The number of ether oxygens (including phenoxy) is 4. The molecule has 0 aliphatic carbocycles. The topological polar surface area (TPSA) is 57.2 Å². The van der Waals surface area contributed by atoms with Crippen molar-refractivity contribution in [3.8, 4) is 0 Å². The van der Waals surface area contributed by atoms with Crippen LogP contribution in [-0.4, -0.2) is 36.3 Å². The van der Waals surface area contributed by atoms with Gasteiger partial charge in [0.1, 0.15) is 18.3 Å². The predicted octanol–water partition coefficient (Wildman–Crippen LogP) is 4.09. The molecule has 5 nitrogen and oxygen atoms in total. The second kappa shape index (κ2) is 11.2. The van der Waals surface area contributed by atoms with Gasteiger partial charge in [-0.2, -0.15) is 0 Å². The zero-order valence-corrected chi connectivity index (χ0v) is 17.4. The standard InChI is InChI=1S/C26H28O5/c27-26-25(30-18-22-14-8-3-9-15-22)24(29-17-21-12-6-2-7-13-21)23(19-31-26)28-16-20-10-4-1-5-11-20/h1-15,23-27H,16-19H2/t23-,24-,25-,26+/m1/s1. The molecule has 31 heavy (non-hydrogen) atoms. The lowest BCUT2D eigenvalue weighted by Gasteiger charge is -2.40. The maximum atomic E-state index is 10.5. The van der Waals surface area contributed by atoms with E-state index in [1.807, 2.05) is 91.0 Å². The van der Waals surface area contributed by atoms with Crippen molar-refractivity contribution in [2.24, 2.45) is 0 Å². The molecule has 1 heterocycles. The van der Waals surface area contributed by atoms with Gasteiger partial charge in [0.05, 0.1) is 26.4 Å². The van der Waals surface area contributed by atoms with E-state index in [1.165, 1.54) is 0 Å². The Hall–Kier alpha value is -2.54. The Bertz CT molecular complexity index is 887. The van der Waals surface area contributed by atoms with Crippen molar-refractivity contribution >= 4 is 0 Å². The first-order valence-electron chi connectivity index (χ1n) is 10.6.